The van der Waals surface area contributed by atoms with Crippen LogP contribution in [0.2, 0.25) is 0 Å². The monoisotopic (exact) mass is 166 g/mol. The molecule has 0 heterocycles. The smallest absolute Gasteiger partial charge is 0.0639 e. The molecule has 3 atom stereocenters. The maximum absolute atomic E-state index is 8.90. The lowest BCUT2D eigenvalue weighted by atomic mass is 9.87. The lowest BCUT2D eigenvalue weighted by molar-refractivity contribution is 0.326. The molecule has 3 unspecified atom stereocenters. The number of allylic oxidation sites excluding steroid dienone is 1. The van der Waals surface area contributed by atoms with Crippen LogP contribution in [-0.2, 0) is 0 Å². The predicted octanol–water partition coefficient (Wildman–Crippen LogP) is 2.36. The Morgan fingerprint density at radius 3 is 2.75 bits per heavy atom. The molecule has 1 heteroatoms. The maximum atomic E-state index is 8.90. The summed E-state index contributed by atoms with van der Waals surface area (Å²) < 4.78 is 0. The predicted molar refractivity (Wildman–Crippen MR) is 49.8 cm³/mol. The third-order valence-corrected chi connectivity index (χ3v) is 3.54. The molecule has 12 heavy (non-hydrogen) atoms. The fraction of sp³-hybridized carbons (Fsp3) is 0.818. The molecule has 2 saturated carbocycles. The molecule has 0 amide bonds. The number of aliphatic hydroxyl groups is 1. The van der Waals surface area contributed by atoms with Crippen LogP contribution in [0.25, 0.3) is 0 Å². The van der Waals surface area contributed by atoms with Crippen LogP contribution in [0.3, 0.4) is 0 Å². The van der Waals surface area contributed by atoms with Gasteiger partial charge in [-0.2, -0.15) is 0 Å². The molecule has 68 valence electrons. The zero-order valence-electron chi connectivity index (χ0n) is 7.79. The summed E-state index contributed by atoms with van der Waals surface area (Å²) in [6, 6.07) is 0. The van der Waals surface area contributed by atoms with Crippen molar-refractivity contribution in [1.29, 1.82) is 0 Å². The minimum absolute atomic E-state index is 0.244. The zero-order valence-corrected chi connectivity index (χ0v) is 7.79. The van der Waals surface area contributed by atoms with Crippen molar-refractivity contribution >= 4 is 0 Å². The van der Waals surface area contributed by atoms with Gasteiger partial charge in [0.2, 0.25) is 0 Å². The quantitative estimate of drug-likeness (QED) is 0.624. The fourth-order valence-electron chi connectivity index (χ4n) is 2.92. The minimum Gasteiger partial charge on any atom is -0.392 e. The molecule has 2 aliphatic carbocycles. The molecule has 0 radical (unpaired) electrons. The third kappa shape index (κ3) is 1.42. The molecular formula is C11H18O. The van der Waals surface area contributed by atoms with Crippen LogP contribution in [0.15, 0.2) is 11.6 Å². The molecule has 1 N–H and O–H groups in total. The highest BCUT2D eigenvalue weighted by atomic mass is 16.3. The van der Waals surface area contributed by atoms with Gasteiger partial charge < -0.3 is 5.11 Å². The van der Waals surface area contributed by atoms with Gasteiger partial charge in [0.15, 0.2) is 0 Å². The van der Waals surface area contributed by atoms with Crippen LogP contribution < -0.4 is 0 Å². The second-order valence-electron chi connectivity index (χ2n) is 4.51. The molecular weight excluding hydrogens is 148 g/mol. The van der Waals surface area contributed by atoms with Gasteiger partial charge in [0, 0.05) is 0 Å². The molecule has 1 nitrogen and oxygen atoms in total. The number of fused-ring (bicyclic) bond motifs is 2. The van der Waals surface area contributed by atoms with E-state index in [-0.39, 0.29) is 6.61 Å². The van der Waals surface area contributed by atoms with E-state index in [1.165, 1.54) is 25.7 Å². The van der Waals surface area contributed by atoms with Crippen LogP contribution in [0, 0.1) is 17.8 Å². The summed E-state index contributed by atoms with van der Waals surface area (Å²) in [5.41, 5.74) is 1.16. The molecule has 0 aliphatic heterocycles. The molecule has 2 aliphatic rings. The first-order chi connectivity index (χ1) is 5.79. The molecule has 0 saturated heterocycles. The van der Waals surface area contributed by atoms with Gasteiger partial charge >= 0.3 is 0 Å². The van der Waals surface area contributed by atoms with Crippen molar-refractivity contribution in [1.82, 2.24) is 0 Å². The number of rotatable bonds is 2. The van der Waals surface area contributed by atoms with E-state index in [1.807, 2.05) is 6.92 Å². The van der Waals surface area contributed by atoms with Gasteiger partial charge in [-0.1, -0.05) is 18.1 Å². The Morgan fingerprint density at radius 1 is 1.42 bits per heavy atom. The molecule has 0 spiro atoms. The first-order valence-corrected chi connectivity index (χ1v) is 5.07. The van der Waals surface area contributed by atoms with E-state index in [2.05, 4.69) is 6.08 Å². The zero-order chi connectivity index (χ0) is 8.55. The number of hydrogen-bond acceptors (Lipinski definition) is 1. The van der Waals surface area contributed by atoms with Crippen LogP contribution >= 0.6 is 0 Å². The van der Waals surface area contributed by atoms with Crippen molar-refractivity contribution < 1.29 is 5.11 Å². The Bertz CT molecular complexity index is 195. The second kappa shape index (κ2) is 3.21. The standard InChI is InChI=1S/C11H18O/c1-8(7-12)4-11-6-9-2-3-10(11)5-9/h4,9-12H,2-3,5-7H2,1H3. The van der Waals surface area contributed by atoms with Crippen molar-refractivity contribution in [2.45, 2.75) is 32.6 Å². The van der Waals surface area contributed by atoms with Gasteiger partial charge in [-0.05, 0) is 43.9 Å². The summed E-state index contributed by atoms with van der Waals surface area (Å²) in [5.74, 6) is 2.77. The van der Waals surface area contributed by atoms with E-state index < -0.39 is 0 Å². The summed E-state index contributed by atoms with van der Waals surface area (Å²) in [6.07, 6.45) is 8.06. The van der Waals surface area contributed by atoms with Crippen LogP contribution in [0.5, 0.6) is 0 Å². The van der Waals surface area contributed by atoms with Gasteiger partial charge in [0.25, 0.3) is 0 Å². The lowest BCUT2D eigenvalue weighted by Crippen LogP contribution is -2.08. The van der Waals surface area contributed by atoms with Crippen molar-refractivity contribution in [3.05, 3.63) is 11.6 Å². The highest BCUT2D eigenvalue weighted by Gasteiger charge is 2.38. The Balaban J connectivity index is 1.98. The van der Waals surface area contributed by atoms with E-state index in [9.17, 15) is 0 Å². The molecule has 0 aromatic rings. The molecule has 2 fully saturated rings. The van der Waals surface area contributed by atoms with Crippen LogP contribution in [-0.4, -0.2) is 11.7 Å². The Morgan fingerprint density at radius 2 is 2.25 bits per heavy atom. The highest BCUT2D eigenvalue weighted by Crippen LogP contribution is 2.48. The number of hydrogen-bond donors (Lipinski definition) is 1. The van der Waals surface area contributed by atoms with Gasteiger partial charge in [-0.15, -0.1) is 0 Å². The summed E-state index contributed by atoms with van der Waals surface area (Å²) in [5, 5.41) is 8.90. The molecule has 2 rings (SSSR count). The Hall–Kier alpha value is -0.300. The topological polar surface area (TPSA) is 20.2 Å². The van der Waals surface area contributed by atoms with Gasteiger partial charge in [-0.3, -0.25) is 0 Å². The summed E-state index contributed by atoms with van der Waals surface area (Å²) in [6.45, 7) is 2.28. The van der Waals surface area contributed by atoms with E-state index in [0.717, 1.165) is 23.3 Å². The Kier molecular flexibility index (Phi) is 2.22. The Labute approximate surface area is 74.5 Å². The highest BCUT2D eigenvalue weighted by molar-refractivity contribution is 5.07. The first-order valence-electron chi connectivity index (χ1n) is 5.07. The fourth-order valence-corrected chi connectivity index (χ4v) is 2.92. The SMILES string of the molecule is CC(=CC1CC2CCC1C2)CO. The normalized spacial score (nSPS) is 40.8. The van der Waals surface area contributed by atoms with Crippen LogP contribution in [0.1, 0.15) is 32.6 Å². The maximum Gasteiger partial charge on any atom is 0.0639 e. The molecule has 0 aromatic carbocycles. The molecule has 2 bridgehead atoms. The van der Waals surface area contributed by atoms with Crippen molar-refractivity contribution in [3.63, 3.8) is 0 Å². The summed E-state index contributed by atoms with van der Waals surface area (Å²) in [7, 11) is 0. The second-order valence-corrected chi connectivity index (χ2v) is 4.51. The number of aliphatic hydroxyl groups excluding tert-OH is 1. The van der Waals surface area contributed by atoms with Crippen LogP contribution in [0.4, 0.5) is 0 Å². The van der Waals surface area contributed by atoms with Crippen molar-refractivity contribution in [2.24, 2.45) is 17.8 Å². The summed E-state index contributed by atoms with van der Waals surface area (Å²) >= 11 is 0. The van der Waals surface area contributed by atoms with Gasteiger partial charge in [-0.25, -0.2) is 0 Å². The van der Waals surface area contributed by atoms with E-state index >= 15 is 0 Å². The first kappa shape index (κ1) is 8.31. The van der Waals surface area contributed by atoms with Crippen molar-refractivity contribution in [2.75, 3.05) is 6.61 Å². The average molecular weight is 166 g/mol. The van der Waals surface area contributed by atoms with Gasteiger partial charge in [0.05, 0.1) is 6.61 Å². The van der Waals surface area contributed by atoms with E-state index in [4.69, 9.17) is 5.11 Å². The lowest BCUT2D eigenvalue weighted by Gasteiger charge is -2.18. The van der Waals surface area contributed by atoms with Crippen molar-refractivity contribution in [3.8, 4) is 0 Å². The molecule has 0 aromatic heterocycles. The minimum atomic E-state index is 0.244. The largest absolute Gasteiger partial charge is 0.392 e. The van der Waals surface area contributed by atoms with E-state index in [1.54, 1.807) is 0 Å². The third-order valence-electron chi connectivity index (χ3n) is 3.54. The summed E-state index contributed by atoms with van der Waals surface area (Å²) in [4.78, 5) is 0. The van der Waals surface area contributed by atoms with Gasteiger partial charge in [0.1, 0.15) is 0 Å². The van der Waals surface area contributed by atoms with E-state index in [0.29, 0.717) is 0 Å². The average Bonchev–Trinajstić information content (AvgIpc) is 2.64.